The SMILES string of the molecule is COCCNC(=NCCC(C)C)NN. The topological polar surface area (TPSA) is 71.7 Å². The molecule has 5 nitrogen and oxygen atoms in total. The number of methoxy groups -OCH3 is 1. The second-order valence-corrected chi connectivity index (χ2v) is 3.48. The van der Waals surface area contributed by atoms with E-state index in [4.69, 9.17) is 10.6 Å². The predicted octanol–water partition coefficient (Wildman–Crippen LogP) is 0.0878. The van der Waals surface area contributed by atoms with Gasteiger partial charge in [0.05, 0.1) is 6.61 Å². The van der Waals surface area contributed by atoms with Crippen molar-refractivity contribution in [3.8, 4) is 0 Å². The van der Waals surface area contributed by atoms with E-state index in [2.05, 4.69) is 29.6 Å². The Kier molecular flexibility index (Phi) is 8.27. The van der Waals surface area contributed by atoms with Gasteiger partial charge in [0.1, 0.15) is 0 Å². The van der Waals surface area contributed by atoms with Crippen molar-refractivity contribution in [1.82, 2.24) is 10.7 Å². The molecule has 0 bridgehead atoms. The summed E-state index contributed by atoms with van der Waals surface area (Å²) in [5.41, 5.74) is 2.52. The molecular weight excluding hydrogens is 180 g/mol. The van der Waals surface area contributed by atoms with E-state index in [0.29, 0.717) is 25.0 Å². The zero-order chi connectivity index (χ0) is 10.8. The smallest absolute Gasteiger partial charge is 0.205 e. The summed E-state index contributed by atoms with van der Waals surface area (Å²) in [5, 5.41) is 3.03. The van der Waals surface area contributed by atoms with Gasteiger partial charge in [0.15, 0.2) is 0 Å². The van der Waals surface area contributed by atoms with E-state index < -0.39 is 0 Å². The monoisotopic (exact) mass is 202 g/mol. The van der Waals surface area contributed by atoms with Crippen LogP contribution in [0.15, 0.2) is 4.99 Å². The van der Waals surface area contributed by atoms with E-state index in [-0.39, 0.29) is 0 Å². The number of ether oxygens (including phenoxy) is 1. The van der Waals surface area contributed by atoms with E-state index >= 15 is 0 Å². The minimum Gasteiger partial charge on any atom is -0.383 e. The van der Waals surface area contributed by atoms with Crippen LogP contribution in [0.5, 0.6) is 0 Å². The molecule has 0 atom stereocenters. The third-order valence-corrected chi connectivity index (χ3v) is 1.71. The minimum atomic E-state index is 0.628. The van der Waals surface area contributed by atoms with Crippen LogP contribution in [0.2, 0.25) is 0 Å². The predicted molar refractivity (Wildman–Crippen MR) is 59.0 cm³/mol. The molecule has 0 unspecified atom stereocenters. The Morgan fingerprint density at radius 3 is 2.71 bits per heavy atom. The van der Waals surface area contributed by atoms with Crippen molar-refractivity contribution >= 4 is 5.96 Å². The van der Waals surface area contributed by atoms with Gasteiger partial charge in [-0.25, -0.2) is 5.84 Å². The number of guanidine groups is 1. The number of hydrazine groups is 1. The van der Waals surface area contributed by atoms with Crippen molar-refractivity contribution in [3.63, 3.8) is 0 Å². The average Bonchev–Trinajstić information content (AvgIpc) is 2.15. The lowest BCUT2D eigenvalue weighted by atomic mass is 10.1. The fourth-order valence-corrected chi connectivity index (χ4v) is 0.859. The van der Waals surface area contributed by atoms with Gasteiger partial charge in [-0.15, -0.1) is 0 Å². The van der Waals surface area contributed by atoms with Gasteiger partial charge in [-0.05, 0) is 12.3 Å². The summed E-state index contributed by atoms with van der Waals surface area (Å²) < 4.78 is 4.89. The molecule has 0 aromatic heterocycles. The van der Waals surface area contributed by atoms with Crippen molar-refractivity contribution in [2.45, 2.75) is 20.3 Å². The fourth-order valence-electron chi connectivity index (χ4n) is 0.859. The van der Waals surface area contributed by atoms with Gasteiger partial charge >= 0.3 is 0 Å². The lowest BCUT2D eigenvalue weighted by Crippen LogP contribution is -2.42. The number of hydrogen-bond acceptors (Lipinski definition) is 3. The second-order valence-electron chi connectivity index (χ2n) is 3.48. The summed E-state index contributed by atoms with van der Waals surface area (Å²) in [6.07, 6.45) is 1.07. The van der Waals surface area contributed by atoms with Crippen LogP contribution in [0.4, 0.5) is 0 Å². The first kappa shape index (κ1) is 13.2. The lowest BCUT2D eigenvalue weighted by Gasteiger charge is -2.08. The Morgan fingerprint density at radius 1 is 1.50 bits per heavy atom. The highest BCUT2D eigenvalue weighted by molar-refractivity contribution is 5.79. The molecule has 4 N–H and O–H groups in total. The van der Waals surface area contributed by atoms with Crippen LogP contribution in [0.25, 0.3) is 0 Å². The molecule has 0 amide bonds. The Bertz CT molecular complexity index is 159. The summed E-state index contributed by atoms with van der Waals surface area (Å²) in [6, 6.07) is 0. The Morgan fingerprint density at radius 2 is 2.21 bits per heavy atom. The first-order valence-electron chi connectivity index (χ1n) is 4.94. The molecule has 0 aliphatic heterocycles. The van der Waals surface area contributed by atoms with Gasteiger partial charge < -0.3 is 10.1 Å². The molecule has 0 saturated carbocycles. The van der Waals surface area contributed by atoms with Crippen LogP contribution in [0, 0.1) is 5.92 Å². The molecule has 0 spiro atoms. The molecule has 0 fully saturated rings. The molecule has 14 heavy (non-hydrogen) atoms. The number of nitrogens with two attached hydrogens (primary N) is 1. The summed E-state index contributed by atoms with van der Waals surface area (Å²) in [5.74, 6) is 6.58. The molecule has 0 aliphatic carbocycles. The van der Waals surface area contributed by atoms with E-state index in [9.17, 15) is 0 Å². The van der Waals surface area contributed by atoms with Crippen molar-refractivity contribution in [3.05, 3.63) is 0 Å². The van der Waals surface area contributed by atoms with Gasteiger partial charge in [0, 0.05) is 20.2 Å². The van der Waals surface area contributed by atoms with Crippen LogP contribution in [0.3, 0.4) is 0 Å². The maximum absolute atomic E-state index is 5.29. The largest absolute Gasteiger partial charge is 0.383 e. The Hall–Kier alpha value is -0.810. The number of nitrogens with one attached hydrogen (secondary N) is 2. The number of rotatable bonds is 6. The summed E-state index contributed by atoms with van der Waals surface area (Å²) in [4.78, 5) is 4.27. The highest BCUT2D eigenvalue weighted by atomic mass is 16.5. The van der Waals surface area contributed by atoms with Crippen LogP contribution >= 0.6 is 0 Å². The summed E-state index contributed by atoms with van der Waals surface area (Å²) in [7, 11) is 1.66. The van der Waals surface area contributed by atoms with Crippen LogP contribution < -0.4 is 16.6 Å². The summed E-state index contributed by atoms with van der Waals surface area (Å²) in [6.45, 7) is 6.48. The van der Waals surface area contributed by atoms with Gasteiger partial charge in [-0.1, -0.05) is 13.8 Å². The summed E-state index contributed by atoms with van der Waals surface area (Å²) >= 11 is 0. The molecule has 0 aromatic rings. The Labute approximate surface area is 86.1 Å². The normalized spacial score (nSPS) is 11.9. The highest BCUT2D eigenvalue weighted by Crippen LogP contribution is 1.97. The van der Waals surface area contributed by atoms with Gasteiger partial charge in [-0.2, -0.15) is 0 Å². The zero-order valence-electron chi connectivity index (χ0n) is 9.34. The Balaban J connectivity index is 3.63. The van der Waals surface area contributed by atoms with Crippen molar-refractivity contribution in [1.29, 1.82) is 0 Å². The van der Waals surface area contributed by atoms with Gasteiger partial charge in [-0.3, -0.25) is 10.4 Å². The number of hydrogen-bond donors (Lipinski definition) is 3. The molecule has 84 valence electrons. The van der Waals surface area contributed by atoms with Crippen LogP contribution in [-0.4, -0.2) is 32.8 Å². The molecule has 0 rings (SSSR count). The first-order chi connectivity index (χ1) is 6.70. The molecule has 0 saturated heterocycles. The third-order valence-electron chi connectivity index (χ3n) is 1.71. The van der Waals surface area contributed by atoms with E-state index in [1.807, 2.05) is 0 Å². The quantitative estimate of drug-likeness (QED) is 0.188. The van der Waals surface area contributed by atoms with E-state index in [0.717, 1.165) is 13.0 Å². The average molecular weight is 202 g/mol. The van der Waals surface area contributed by atoms with Crippen molar-refractivity contribution < 1.29 is 4.74 Å². The van der Waals surface area contributed by atoms with Crippen LogP contribution in [0.1, 0.15) is 20.3 Å². The maximum atomic E-state index is 5.29. The maximum Gasteiger partial charge on any atom is 0.205 e. The van der Waals surface area contributed by atoms with Gasteiger partial charge in [0.2, 0.25) is 5.96 Å². The third kappa shape index (κ3) is 7.82. The highest BCUT2D eigenvalue weighted by Gasteiger charge is 1.95. The number of nitrogens with zero attached hydrogens (tertiary/aromatic N) is 1. The van der Waals surface area contributed by atoms with Crippen molar-refractivity contribution in [2.24, 2.45) is 16.8 Å². The fraction of sp³-hybridized carbons (Fsp3) is 0.889. The molecule has 0 aromatic carbocycles. The number of aliphatic imine (C=N–C) groups is 1. The lowest BCUT2D eigenvalue weighted by molar-refractivity contribution is 0.203. The van der Waals surface area contributed by atoms with E-state index in [1.54, 1.807) is 7.11 Å². The van der Waals surface area contributed by atoms with E-state index in [1.165, 1.54) is 0 Å². The molecule has 0 aliphatic rings. The van der Waals surface area contributed by atoms with Gasteiger partial charge in [0.25, 0.3) is 0 Å². The molecule has 5 heteroatoms. The first-order valence-corrected chi connectivity index (χ1v) is 4.94. The minimum absolute atomic E-state index is 0.628. The zero-order valence-corrected chi connectivity index (χ0v) is 9.34. The van der Waals surface area contributed by atoms with Crippen molar-refractivity contribution in [2.75, 3.05) is 26.8 Å². The standard InChI is InChI=1S/C9H22N4O/c1-8(2)4-5-11-9(13-10)12-6-7-14-3/h8H,4-7,10H2,1-3H3,(H2,11,12,13). The van der Waals surface area contributed by atoms with Crippen LogP contribution in [-0.2, 0) is 4.74 Å². The molecule has 0 radical (unpaired) electrons. The second kappa shape index (κ2) is 8.77. The molecular formula is C9H22N4O. The molecule has 0 heterocycles.